The number of hydrogen-bond acceptors (Lipinski definition) is 3. The van der Waals surface area contributed by atoms with Crippen LogP contribution in [0.5, 0.6) is 0 Å². The molecule has 33 heavy (non-hydrogen) atoms. The standard InChI is InChI=1S/C24H12Cl2F3NO3/c25-14-6-4-12(5-7-14)20-19-21(31)17-11-15(26)8-9-18(17)33-22(19)23(32)30(20)16-3-1-2-13(10-16)24(27,28)29/h1-11,20H. The van der Waals surface area contributed by atoms with Crippen molar-refractivity contribution in [2.24, 2.45) is 0 Å². The highest BCUT2D eigenvalue weighted by atomic mass is 35.5. The zero-order chi connectivity index (χ0) is 23.5. The van der Waals surface area contributed by atoms with Gasteiger partial charge < -0.3 is 4.42 Å². The molecule has 4 aromatic rings. The summed E-state index contributed by atoms with van der Waals surface area (Å²) in [4.78, 5) is 28.0. The van der Waals surface area contributed by atoms with Crippen molar-refractivity contribution in [3.05, 3.63) is 109 Å². The molecule has 1 atom stereocenters. The number of nitrogens with zero attached hydrogens (tertiary/aromatic N) is 1. The molecule has 0 spiro atoms. The van der Waals surface area contributed by atoms with Gasteiger partial charge in [0.05, 0.1) is 22.6 Å². The molecule has 1 aliphatic heterocycles. The number of benzene rings is 3. The first kappa shape index (κ1) is 21.6. The van der Waals surface area contributed by atoms with Crippen LogP contribution >= 0.6 is 23.2 Å². The number of halogens is 5. The van der Waals surface area contributed by atoms with Gasteiger partial charge in [-0.15, -0.1) is 0 Å². The molecule has 1 unspecified atom stereocenters. The molecular formula is C24H12Cl2F3NO3. The molecule has 2 heterocycles. The fourth-order valence-corrected chi connectivity index (χ4v) is 4.30. The fraction of sp³-hybridized carbons (Fsp3) is 0.0833. The Hall–Kier alpha value is -3.29. The second kappa shape index (κ2) is 7.64. The minimum absolute atomic E-state index is 0.0227. The molecule has 9 heteroatoms. The summed E-state index contributed by atoms with van der Waals surface area (Å²) in [6.07, 6.45) is -4.61. The molecule has 0 saturated heterocycles. The average Bonchev–Trinajstić information content (AvgIpc) is 3.07. The van der Waals surface area contributed by atoms with Gasteiger partial charge in [0, 0.05) is 15.7 Å². The third-order valence-corrected chi connectivity index (χ3v) is 5.96. The normalized spacial score (nSPS) is 15.8. The maximum Gasteiger partial charge on any atom is 0.416 e. The van der Waals surface area contributed by atoms with Gasteiger partial charge in [0.25, 0.3) is 5.91 Å². The van der Waals surface area contributed by atoms with E-state index in [1.165, 1.54) is 30.3 Å². The summed E-state index contributed by atoms with van der Waals surface area (Å²) in [5.41, 5.74) is -0.779. The van der Waals surface area contributed by atoms with Crippen LogP contribution < -0.4 is 10.3 Å². The van der Waals surface area contributed by atoms with E-state index in [9.17, 15) is 22.8 Å². The lowest BCUT2D eigenvalue weighted by molar-refractivity contribution is -0.137. The van der Waals surface area contributed by atoms with Crippen LogP contribution in [0.3, 0.4) is 0 Å². The van der Waals surface area contributed by atoms with Crippen LogP contribution in [0.1, 0.15) is 33.3 Å². The Morgan fingerprint density at radius 2 is 1.58 bits per heavy atom. The van der Waals surface area contributed by atoms with Gasteiger partial charge in [-0.05, 0) is 54.1 Å². The Morgan fingerprint density at radius 3 is 2.27 bits per heavy atom. The van der Waals surface area contributed by atoms with Crippen molar-refractivity contribution in [3.63, 3.8) is 0 Å². The molecule has 1 aliphatic rings. The third-order valence-electron chi connectivity index (χ3n) is 5.47. The zero-order valence-corrected chi connectivity index (χ0v) is 18.0. The van der Waals surface area contributed by atoms with Crippen LogP contribution in [0.25, 0.3) is 11.0 Å². The summed E-state index contributed by atoms with van der Waals surface area (Å²) in [6.45, 7) is 0. The topological polar surface area (TPSA) is 50.5 Å². The minimum atomic E-state index is -4.61. The predicted octanol–water partition coefficient (Wildman–Crippen LogP) is 6.87. The van der Waals surface area contributed by atoms with Crippen molar-refractivity contribution in [3.8, 4) is 0 Å². The number of amides is 1. The van der Waals surface area contributed by atoms with Gasteiger partial charge in [-0.25, -0.2) is 0 Å². The molecule has 0 bridgehead atoms. The van der Waals surface area contributed by atoms with E-state index in [2.05, 4.69) is 0 Å². The van der Waals surface area contributed by atoms with Gasteiger partial charge in [0.2, 0.25) is 5.76 Å². The lowest BCUT2D eigenvalue weighted by Gasteiger charge is -2.26. The Balaban J connectivity index is 1.79. The number of hydrogen-bond donors (Lipinski definition) is 0. The Morgan fingerprint density at radius 1 is 0.879 bits per heavy atom. The summed E-state index contributed by atoms with van der Waals surface area (Å²) in [6, 6.07) is 14.1. The first-order valence-electron chi connectivity index (χ1n) is 9.67. The monoisotopic (exact) mass is 489 g/mol. The van der Waals surface area contributed by atoms with E-state index in [0.29, 0.717) is 15.6 Å². The van der Waals surface area contributed by atoms with Crippen LogP contribution in [0, 0.1) is 0 Å². The summed E-state index contributed by atoms with van der Waals surface area (Å²) in [7, 11) is 0. The molecule has 0 fully saturated rings. The highest BCUT2D eigenvalue weighted by Gasteiger charge is 2.44. The first-order chi connectivity index (χ1) is 15.6. The van der Waals surface area contributed by atoms with Crippen LogP contribution in [0.4, 0.5) is 18.9 Å². The number of carbonyl (C=O) groups excluding carboxylic acids is 1. The van der Waals surface area contributed by atoms with Crippen molar-refractivity contribution >= 4 is 45.8 Å². The van der Waals surface area contributed by atoms with E-state index in [0.717, 1.165) is 17.0 Å². The smallest absolute Gasteiger partial charge is 0.416 e. The third kappa shape index (κ3) is 3.57. The molecule has 4 nitrogen and oxygen atoms in total. The number of alkyl halides is 3. The molecule has 0 saturated carbocycles. The highest BCUT2D eigenvalue weighted by Crippen LogP contribution is 2.43. The van der Waals surface area contributed by atoms with Crippen molar-refractivity contribution in [1.29, 1.82) is 0 Å². The Labute approximate surface area is 194 Å². The van der Waals surface area contributed by atoms with Crippen LogP contribution in [-0.4, -0.2) is 5.91 Å². The van der Waals surface area contributed by atoms with E-state index in [-0.39, 0.29) is 28.0 Å². The van der Waals surface area contributed by atoms with Gasteiger partial charge in [-0.3, -0.25) is 14.5 Å². The van der Waals surface area contributed by atoms with E-state index in [1.54, 1.807) is 24.3 Å². The lowest BCUT2D eigenvalue weighted by Crippen LogP contribution is -2.29. The van der Waals surface area contributed by atoms with Crippen molar-refractivity contribution in [1.82, 2.24) is 0 Å². The molecule has 5 rings (SSSR count). The summed E-state index contributed by atoms with van der Waals surface area (Å²) in [5, 5.41) is 0.891. The Bertz CT molecular complexity index is 1480. The molecule has 1 amide bonds. The van der Waals surface area contributed by atoms with E-state index < -0.39 is 29.1 Å². The van der Waals surface area contributed by atoms with Gasteiger partial charge in [0.15, 0.2) is 5.43 Å². The average molecular weight is 490 g/mol. The van der Waals surface area contributed by atoms with Gasteiger partial charge in [-0.2, -0.15) is 13.2 Å². The molecule has 0 radical (unpaired) electrons. The highest BCUT2D eigenvalue weighted by molar-refractivity contribution is 6.31. The van der Waals surface area contributed by atoms with E-state index in [1.807, 2.05) is 0 Å². The maximum absolute atomic E-state index is 13.5. The fourth-order valence-electron chi connectivity index (χ4n) is 4.00. The number of carbonyl (C=O) groups is 1. The van der Waals surface area contributed by atoms with Gasteiger partial charge >= 0.3 is 6.18 Å². The summed E-state index contributed by atoms with van der Waals surface area (Å²) < 4.78 is 45.9. The van der Waals surface area contributed by atoms with Crippen molar-refractivity contribution < 1.29 is 22.4 Å². The molecule has 3 aromatic carbocycles. The van der Waals surface area contributed by atoms with E-state index >= 15 is 0 Å². The molecular weight excluding hydrogens is 478 g/mol. The van der Waals surface area contributed by atoms with Crippen LogP contribution in [-0.2, 0) is 6.18 Å². The largest absolute Gasteiger partial charge is 0.450 e. The second-order valence-corrected chi connectivity index (χ2v) is 8.36. The lowest BCUT2D eigenvalue weighted by atomic mass is 9.98. The first-order valence-corrected chi connectivity index (χ1v) is 10.4. The van der Waals surface area contributed by atoms with Crippen LogP contribution in [0.2, 0.25) is 10.0 Å². The number of fused-ring (bicyclic) bond motifs is 2. The van der Waals surface area contributed by atoms with Gasteiger partial charge in [0.1, 0.15) is 5.58 Å². The van der Waals surface area contributed by atoms with Crippen molar-refractivity contribution in [2.45, 2.75) is 12.2 Å². The SMILES string of the molecule is O=C1c2oc3ccc(Cl)cc3c(=O)c2C(c2ccc(Cl)cc2)N1c1cccc(C(F)(F)F)c1. The predicted molar refractivity (Wildman–Crippen MR) is 119 cm³/mol. The zero-order valence-electron chi connectivity index (χ0n) is 16.5. The van der Waals surface area contributed by atoms with Crippen LogP contribution in [0.15, 0.2) is 75.9 Å². The second-order valence-electron chi connectivity index (χ2n) is 7.49. The molecule has 0 aliphatic carbocycles. The summed E-state index contributed by atoms with van der Waals surface area (Å²) in [5.74, 6) is -0.953. The van der Waals surface area contributed by atoms with E-state index in [4.69, 9.17) is 27.6 Å². The quantitative estimate of drug-likeness (QED) is 0.308. The van der Waals surface area contributed by atoms with Crippen molar-refractivity contribution in [2.75, 3.05) is 4.90 Å². The Kier molecular flexibility index (Phi) is 4.99. The van der Waals surface area contributed by atoms with Gasteiger partial charge in [-0.1, -0.05) is 41.4 Å². The summed E-state index contributed by atoms with van der Waals surface area (Å²) >= 11 is 12.0. The number of rotatable bonds is 2. The maximum atomic E-state index is 13.5. The molecule has 166 valence electrons. The molecule has 0 N–H and O–H groups in total. The molecule has 1 aromatic heterocycles. The minimum Gasteiger partial charge on any atom is -0.450 e. The number of anilines is 1.